The van der Waals surface area contributed by atoms with Crippen LogP contribution < -0.4 is 16.2 Å². The third-order valence-electron chi connectivity index (χ3n) is 2.79. The summed E-state index contributed by atoms with van der Waals surface area (Å²) in [5, 5.41) is 0. The summed E-state index contributed by atoms with van der Waals surface area (Å²) >= 11 is 0. The Morgan fingerprint density at radius 1 is 1.32 bits per heavy atom. The highest BCUT2D eigenvalue weighted by Crippen LogP contribution is 2.32. The minimum absolute atomic E-state index is 0.0449. The number of hydrogen-bond acceptors (Lipinski definition) is 5. The van der Waals surface area contributed by atoms with E-state index in [9.17, 15) is 17.4 Å². The van der Waals surface area contributed by atoms with Crippen LogP contribution in [0, 0.1) is 0 Å². The van der Waals surface area contributed by atoms with E-state index >= 15 is 0 Å². The van der Waals surface area contributed by atoms with Crippen LogP contribution in [0.25, 0.3) is 0 Å². The number of alkyl halides is 3. The number of anilines is 2. The van der Waals surface area contributed by atoms with Crippen LogP contribution in [-0.4, -0.2) is 33.8 Å². The summed E-state index contributed by atoms with van der Waals surface area (Å²) in [6.45, 7) is 0.843. The lowest BCUT2D eigenvalue weighted by Gasteiger charge is -2.28. The molecule has 5 nitrogen and oxygen atoms in total. The Hall–Kier alpha value is -1.35. The first-order valence-electron chi connectivity index (χ1n) is 5.56. The lowest BCUT2D eigenvalue weighted by molar-refractivity contribution is -0.137. The number of nitrogen functional groups attached to an aromatic ring is 1. The van der Waals surface area contributed by atoms with Gasteiger partial charge in [0.1, 0.15) is 11.6 Å². The summed E-state index contributed by atoms with van der Waals surface area (Å²) in [5.41, 5.74) is 1.32. The van der Waals surface area contributed by atoms with Gasteiger partial charge in [0.25, 0.3) is 0 Å². The monoisotopic (exact) mass is 294 g/mol. The Balaban J connectivity index is 2.32. The van der Waals surface area contributed by atoms with Gasteiger partial charge in [0, 0.05) is 35.4 Å². The van der Waals surface area contributed by atoms with E-state index in [4.69, 9.17) is 5.84 Å². The van der Waals surface area contributed by atoms with Crippen molar-refractivity contribution in [1.29, 1.82) is 0 Å². The van der Waals surface area contributed by atoms with E-state index in [1.807, 2.05) is 0 Å². The number of halogens is 3. The molecule has 0 unspecified atom stereocenters. The Bertz CT molecular complexity index is 484. The summed E-state index contributed by atoms with van der Waals surface area (Å²) < 4.78 is 49.5. The fourth-order valence-corrected chi connectivity index (χ4v) is 2.83. The van der Waals surface area contributed by atoms with Crippen LogP contribution in [-0.2, 0) is 17.0 Å². The Morgan fingerprint density at radius 2 is 1.95 bits per heavy atom. The van der Waals surface area contributed by atoms with E-state index in [0.29, 0.717) is 24.6 Å². The van der Waals surface area contributed by atoms with Crippen LogP contribution >= 0.6 is 0 Å². The van der Waals surface area contributed by atoms with Crippen molar-refractivity contribution >= 4 is 22.4 Å². The van der Waals surface area contributed by atoms with Crippen molar-refractivity contribution in [2.75, 3.05) is 34.9 Å². The molecule has 9 heteroatoms. The molecule has 1 aliphatic rings. The molecule has 0 aliphatic carbocycles. The summed E-state index contributed by atoms with van der Waals surface area (Å²) in [4.78, 5) is 5.68. The second-order valence-electron chi connectivity index (χ2n) is 4.08. The molecule has 19 heavy (non-hydrogen) atoms. The van der Waals surface area contributed by atoms with Gasteiger partial charge >= 0.3 is 6.18 Å². The highest BCUT2D eigenvalue weighted by atomic mass is 32.2. The molecule has 0 bridgehead atoms. The van der Waals surface area contributed by atoms with E-state index < -0.39 is 22.5 Å². The van der Waals surface area contributed by atoms with E-state index in [1.54, 1.807) is 4.90 Å². The van der Waals surface area contributed by atoms with Crippen molar-refractivity contribution in [3.05, 3.63) is 17.7 Å². The fourth-order valence-electron chi connectivity index (χ4n) is 1.78. The smallest absolute Gasteiger partial charge is 0.355 e. The summed E-state index contributed by atoms with van der Waals surface area (Å²) in [6, 6.07) is 1.83. The molecule has 1 saturated heterocycles. The quantitative estimate of drug-likeness (QED) is 0.628. The minimum Gasteiger partial charge on any atom is -0.355 e. The first-order chi connectivity index (χ1) is 8.90. The molecule has 3 N–H and O–H groups in total. The second-order valence-corrected chi connectivity index (χ2v) is 5.77. The van der Waals surface area contributed by atoms with Crippen molar-refractivity contribution in [1.82, 2.24) is 4.98 Å². The molecule has 0 atom stereocenters. The van der Waals surface area contributed by atoms with Gasteiger partial charge in [0.15, 0.2) is 0 Å². The normalized spacial score (nSPS) is 17.6. The van der Waals surface area contributed by atoms with Gasteiger partial charge in [-0.3, -0.25) is 4.21 Å². The van der Waals surface area contributed by atoms with Crippen LogP contribution in [0.4, 0.5) is 24.8 Å². The van der Waals surface area contributed by atoms with Crippen molar-refractivity contribution in [2.24, 2.45) is 5.84 Å². The topological polar surface area (TPSA) is 71.2 Å². The largest absolute Gasteiger partial charge is 0.416 e. The van der Waals surface area contributed by atoms with Crippen LogP contribution in [0.15, 0.2) is 12.1 Å². The lowest BCUT2D eigenvalue weighted by Crippen LogP contribution is -2.38. The van der Waals surface area contributed by atoms with Gasteiger partial charge in [-0.2, -0.15) is 13.2 Å². The molecule has 1 aromatic heterocycles. The maximum absolute atomic E-state index is 12.7. The maximum Gasteiger partial charge on any atom is 0.416 e. The second kappa shape index (κ2) is 5.33. The first kappa shape index (κ1) is 14.1. The molecule has 1 fully saturated rings. The Kier molecular flexibility index (Phi) is 3.95. The van der Waals surface area contributed by atoms with E-state index in [2.05, 4.69) is 10.4 Å². The van der Waals surface area contributed by atoms with Gasteiger partial charge in [0.05, 0.1) is 5.56 Å². The number of hydrogen-bond donors (Lipinski definition) is 2. The Morgan fingerprint density at radius 3 is 2.47 bits per heavy atom. The molecule has 0 spiro atoms. The van der Waals surface area contributed by atoms with Crippen LogP contribution in [0.1, 0.15) is 5.56 Å². The average Bonchev–Trinajstić information content (AvgIpc) is 2.38. The van der Waals surface area contributed by atoms with Crippen molar-refractivity contribution in [3.63, 3.8) is 0 Å². The van der Waals surface area contributed by atoms with E-state index in [-0.39, 0.29) is 11.6 Å². The van der Waals surface area contributed by atoms with Gasteiger partial charge in [0.2, 0.25) is 0 Å². The summed E-state index contributed by atoms with van der Waals surface area (Å²) in [7, 11) is -0.896. The molecule has 106 valence electrons. The Labute approximate surface area is 110 Å². The molecule has 1 aliphatic heterocycles. The van der Waals surface area contributed by atoms with Crippen LogP contribution in [0.3, 0.4) is 0 Å². The third-order valence-corrected chi connectivity index (χ3v) is 4.06. The number of nitrogens with one attached hydrogen (secondary N) is 1. The SMILES string of the molecule is NNc1cc(C(F)(F)F)cc(N2CCS(=O)CC2)n1. The number of hydrazine groups is 1. The minimum atomic E-state index is -4.46. The molecule has 2 rings (SSSR count). The fraction of sp³-hybridized carbons (Fsp3) is 0.500. The predicted molar refractivity (Wildman–Crippen MR) is 67.1 cm³/mol. The first-order valence-corrected chi connectivity index (χ1v) is 7.05. The van der Waals surface area contributed by atoms with Crippen molar-refractivity contribution < 1.29 is 17.4 Å². The third kappa shape index (κ3) is 3.35. The van der Waals surface area contributed by atoms with Gasteiger partial charge in [-0.25, -0.2) is 10.8 Å². The molecule has 0 amide bonds. The van der Waals surface area contributed by atoms with Crippen molar-refractivity contribution in [2.45, 2.75) is 6.18 Å². The average molecular weight is 294 g/mol. The van der Waals surface area contributed by atoms with Gasteiger partial charge in [-0.1, -0.05) is 0 Å². The van der Waals surface area contributed by atoms with Gasteiger partial charge < -0.3 is 10.3 Å². The zero-order valence-electron chi connectivity index (χ0n) is 9.91. The number of nitrogens with two attached hydrogens (primary N) is 1. The number of rotatable bonds is 2. The molecule has 2 heterocycles. The van der Waals surface area contributed by atoms with Crippen molar-refractivity contribution in [3.8, 4) is 0 Å². The number of aromatic nitrogens is 1. The molecular formula is C10H13F3N4OS. The maximum atomic E-state index is 12.7. The van der Waals surface area contributed by atoms with Crippen LogP contribution in [0.5, 0.6) is 0 Å². The molecule has 0 aromatic carbocycles. The van der Waals surface area contributed by atoms with E-state index in [0.717, 1.165) is 12.1 Å². The molecular weight excluding hydrogens is 281 g/mol. The van der Waals surface area contributed by atoms with Crippen LogP contribution in [0.2, 0.25) is 0 Å². The number of nitrogens with zero attached hydrogens (tertiary/aromatic N) is 2. The van der Waals surface area contributed by atoms with Gasteiger partial charge in [-0.05, 0) is 12.1 Å². The summed E-state index contributed by atoms with van der Waals surface area (Å²) in [5.74, 6) is 6.15. The molecule has 1 aromatic rings. The molecule has 0 saturated carbocycles. The lowest BCUT2D eigenvalue weighted by atomic mass is 10.2. The zero-order chi connectivity index (χ0) is 14.0. The number of pyridine rings is 1. The predicted octanol–water partition coefficient (Wildman–Crippen LogP) is 0.955. The zero-order valence-corrected chi connectivity index (χ0v) is 10.7. The molecule has 0 radical (unpaired) electrons. The standard InChI is InChI=1S/C10H13F3N4OS/c11-10(12,13)7-5-8(16-14)15-9(6-7)17-1-3-19(18)4-2-17/h5-6H,1-4,14H2,(H,15,16). The van der Waals surface area contributed by atoms with E-state index in [1.165, 1.54) is 0 Å². The highest BCUT2D eigenvalue weighted by Gasteiger charge is 2.32. The van der Waals surface area contributed by atoms with Gasteiger partial charge in [-0.15, -0.1) is 0 Å². The summed E-state index contributed by atoms with van der Waals surface area (Å²) in [6.07, 6.45) is -4.46. The highest BCUT2D eigenvalue weighted by molar-refractivity contribution is 7.85.